The fraction of sp³-hybridized carbons (Fsp3) is 0.824. The third kappa shape index (κ3) is 3.74. The molecule has 1 N–H and O–H groups in total. The molecule has 3 atom stereocenters. The fourth-order valence-corrected chi connectivity index (χ4v) is 3.65. The second kappa shape index (κ2) is 6.59. The van der Waals surface area contributed by atoms with E-state index in [0.29, 0.717) is 24.9 Å². The molecule has 3 amide bonds. The van der Waals surface area contributed by atoms with Crippen LogP contribution in [0.15, 0.2) is 0 Å². The minimum Gasteiger partial charge on any atom is -0.378 e. The normalized spacial score (nSPS) is 31.3. The number of nitrogens with zero attached hydrogens (tertiary/aromatic N) is 1. The predicted octanol–water partition coefficient (Wildman–Crippen LogP) is 1.23. The highest BCUT2D eigenvalue weighted by Crippen LogP contribution is 2.34. The van der Waals surface area contributed by atoms with E-state index < -0.39 is 6.04 Å². The van der Waals surface area contributed by atoms with Crippen LogP contribution in [0.1, 0.15) is 52.4 Å². The van der Waals surface area contributed by atoms with Gasteiger partial charge in [0.05, 0.1) is 12.5 Å². The topological polar surface area (TPSA) is 75.7 Å². The van der Waals surface area contributed by atoms with Crippen molar-refractivity contribution in [2.75, 3.05) is 6.61 Å². The van der Waals surface area contributed by atoms with Gasteiger partial charge in [0, 0.05) is 19.1 Å². The number of hydrogen-bond donors (Lipinski definition) is 1. The molecule has 3 fully saturated rings. The number of hydrogen-bond acceptors (Lipinski definition) is 4. The molecular weight excluding hydrogens is 296 g/mol. The molecule has 23 heavy (non-hydrogen) atoms. The zero-order valence-electron chi connectivity index (χ0n) is 13.9. The van der Waals surface area contributed by atoms with Gasteiger partial charge >= 0.3 is 0 Å². The number of nitrogens with one attached hydrogen (secondary N) is 1. The van der Waals surface area contributed by atoms with E-state index in [0.717, 1.165) is 25.7 Å². The van der Waals surface area contributed by atoms with Gasteiger partial charge in [-0.15, -0.1) is 0 Å². The summed E-state index contributed by atoms with van der Waals surface area (Å²) in [5.41, 5.74) is 0. The second-order valence-corrected chi connectivity index (χ2v) is 7.41. The molecule has 2 aliphatic heterocycles. The van der Waals surface area contributed by atoms with E-state index in [4.69, 9.17) is 4.74 Å². The van der Waals surface area contributed by atoms with Crippen molar-refractivity contribution in [2.45, 2.75) is 70.6 Å². The van der Waals surface area contributed by atoms with E-state index in [1.54, 1.807) is 4.90 Å². The van der Waals surface area contributed by atoms with Crippen LogP contribution in [0.4, 0.5) is 0 Å². The Labute approximate surface area is 136 Å². The van der Waals surface area contributed by atoms with Gasteiger partial charge in [-0.1, -0.05) is 13.8 Å². The standard InChI is InChI=1S/C17H26N2O4/c1-10(2)14-7-11(5-6-23-14)8-16(21)19(12-3-4-12)13-9-15(20)18-17(13)22/h10-14H,3-9H2,1-2H3,(H,18,20,22). The van der Waals surface area contributed by atoms with E-state index in [-0.39, 0.29) is 36.3 Å². The van der Waals surface area contributed by atoms with Gasteiger partial charge in [0.25, 0.3) is 0 Å². The van der Waals surface area contributed by atoms with Crippen molar-refractivity contribution in [1.29, 1.82) is 0 Å². The Morgan fingerprint density at radius 2 is 2.04 bits per heavy atom. The number of carbonyl (C=O) groups excluding carboxylic acids is 3. The fourth-order valence-electron chi connectivity index (χ4n) is 3.65. The van der Waals surface area contributed by atoms with E-state index >= 15 is 0 Å². The Balaban J connectivity index is 1.63. The Morgan fingerprint density at radius 3 is 2.61 bits per heavy atom. The van der Waals surface area contributed by atoms with E-state index in [9.17, 15) is 14.4 Å². The number of ether oxygens (including phenoxy) is 1. The lowest BCUT2D eigenvalue weighted by molar-refractivity contribution is -0.141. The summed E-state index contributed by atoms with van der Waals surface area (Å²) in [4.78, 5) is 37.9. The van der Waals surface area contributed by atoms with Crippen LogP contribution in [0.25, 0.3) is 0 Å². The minimum absolute atomic E-state index is 0.0248. The summed E-state index contributed by atoms with van der Waals surface area (Å²) in [5.74, 6) is 0.194. The highest BCUT2D eigenvalue weighted by Gasteiger charge is 2.45. The molecule has 2 saturated heterocycles. The second-order valence-electron chi connectivity index (χ2n) is 7.41. The average molecular weight is 322 g/mol. The molecule has 128 valence electrons. The molecule has 2 heterocycles. The molecule has 0 aromatic rings. The first-order valence-corrected chi connectivity index (χ1v) is 8.72. The van der Waals surface area contributed by atoms with E-state index in [1.807, 2.05) is 0 Å². The van der Waals surface area contributed by atoms with Gasteiger partial charge in [0.15, 0.2) is 0 Å². The molecule has 1 saturated carbocycles. The van der Waals surface area contributed by atoms with Crippen molar-refractivity contribution in [3.63, 3.8) is 0 Å². The zero-order chi connectivity index (χ0) is 16.6. The molecule has 3 unspecified atom stereocenters. The number of rotatable bonds is 5. The van der Waals surface area contributed by atoms with Gasteiger partial charge in [-0.25, -0.2) is 0 Å². The molecule has 0 aromatic heterocycles. The first kappa shape index (κ1) is 16.4. The summed E-state index contributed by atoms with van der Waals surface area (Å²) in [5, 5.41) is 2.32. The van der Waals surface area contributed by atoms with Gasteiger partial charge in [-0.3, -0.25) is 19.7 Å². The first-order chi connectivity index (χ1) is 11.0. The zero-order valence-corrected chi connectivity index (χ0v) is 13.9. The van der Waals surface area contributed by atoms with Crippen LogP contribution in [0, 0.1) is 11.8 Å². The lowest BCUT2D eigenvalue weighted by Crippen LogP contribution is -2.46. The van der Waals surface area contributed by atoms with E-state index in [1.165, 1.54) is 0 Å². The lowest BCUT2D eigenvalue weighted by Gasteiger charge is -2.34. The Morgan fingerprint density at radius 1 is 1.30 bits per heavy atom. The van der Waals surface area contributed by atoms with Crippen LogP contribution < -0.4 is 5.32 Å². The van der Waals surface area contributed by atoms with Crippen molar-refractivity contribution < 1.29 is 19.1 Å². The molecular formula is C17H26N2O4. The summed E-state index contributed by atoms with van der Waals surface area (Å²) in [6, 6.07) is -0.451. The highest BCUT2D eigenvalue weighted by molar-refractivity contribution is 6.06. The maximum atomic E-state index is 12.8. The van der Waals surface area contributed by atoms with Crippen LogP contribution in [-0.4, -0.2) is 47.4 Å². The van der Waals surface area contributed by atoms with Gasteiger partial charge in [-0.2, -0.15) is 0 Å². The minimum atomic E-state index is -0.594. The van der Waals surface area contributed by atoms with Gasteiger partial charge in [0.2, 0.25) is 17.7 Å². The first-order valence-electron chi connectivity index (χ1n) is 8.72. The van der Waals surface area contributed by atoms with Gasteiger partial charge in [0.1, 0.15) is 6.04 Å². The summed E-state index contributed by atoms with van der Waals surface area (Å²) >= 11 is 0. The molecule has 0 aromatic carbocycles. The third-order valence-corrected chi connectivity index (χ3v) is 5.14. The van der Waals surface area contributed by atoms with Crippen LogP contribution in [0.3, 0.4) is 0 Å². The smallest absolute Gasteiger partial charge is 0.249 e. The quantitative estimate of drug-likeness (QED) is 0.773. The van der Waals surface area contributed by atoms with Crippen LogP contribution in [0.5, 0.6) is 0 Å². The van der Waals surface area contributed by atoms with Crippen molar-refractivity contribution in [3.8, 4) is 0 Å². The summed E-state index contributed by atoms with van der Waals surface area (Å²) < 4.78 is 5.77. The van der Waals surface area contributed by atoms with Gasteiger partial charge < -0.3 is 9.64 Å². The molecule has 0 radical (unpaired) electrons. The molecule has 6 heteroatoms. The Kier molecular flexibility index (Phi) is 4.71. The number of carbonyl (C=O) groups is 3. The maximum absolute atomic E-state index is 12.8. The maximum Gasteiger partial charge on any atom is 0.249 e. The van der Waals surface area contributed by atoms with Crippen LogP contribution in [-0.2, 0) is 19.1 Å². The van der Waals surface area contributed by atoms with E-state index in [2.05, 4.69) is 19.2 Å². The molecule has 0 bridgehead atoms. The number of amides is 3. The highest BCUT2D eigenvalue weighted by atomic mass is 16.5. The summed E-state index contributed by atoms with van der Waals surface area (Å²) in [6.45, 7) is 4.98. The Hall–Kier alpha value is -1.43. The molecule has 0 spiro atoms. The summed E-state index contributed by atoms with van der Waals surface area (Å²) in [7, 11) is 0. The average Bonchev–Trinajstić information content (AvgIpc) is 3.25. The largest absolute Gasteiger partial charge is 0.378 e. The van der Waals surface area contributed by atoms with Gasteiger partial charge in [-0.05, 0) is 37.5 Å². The van der Waals surface area contributed by atoms with Crippen molar-refractivity contribution in [2.24, 2.45) is 11.8 Å². The SMILES string of the molecule is CC(C)C1CC(CC(=O)N(C2CC2)C2CC(=O)NC2=O)CCO1. The molecule has 3 aliphatic rings. The van der Waals surface area contributed by atoms with Crippen LogP contribution >= 0.6 is 0 Å². The molecule has 1 aliphatic carbocycles. The third-order valence-electron chi connectivity index (χ3n) is 5.14. The molecule has 3 rings (SSSR count). The van der Waals surface area contributed by atoms with Crippen molar-refractivity contribution in [1.82, 2.24) is 10.2 Å². The number of imide groups is 1. The molecule has 6 nitrogen and oxygen atoms in total. The Bertz CT molecular complexity index is 501. The monoisotopic (exact) mass is 322 g/mol. The van der Waals surface area contributed by atoms with Crippen molar-refractivity contribution in [3.05, 3.63) is 0 Å². The lowest BCUT2D eigenvalue weighted by atomic mass is 9.87. The summed E-state index contributed by atoms with van der Waals surface area (Å²) in [6.07, 6.45) is 4.45. The predicted molar refractivity (Wildman–Crippen MR) is 83.3 cm³/mol. The van der Waals surface area contributed by atoms with Crippen molar-refractivity contribution >= 4 is 17.7 Å². The van der Waals surface area contributed by atoms with Crippen LogP contribution in [0.2, 0.25) is 0 Å².